The molecule has 0 unspecified atom stereocenters. The topological polar surface area (TPSA) is 69.0 Å². The molecular formula is C19H22N4O. The number of carbonyl (C=O) groups excluding carboxylic acids is 1. The van der Waals surface area contributed by atoms with Crippen molar-refractivity contribution in [3.63, 3.8) is 0 Å². The van der Waals surface area contributed by atoms with E-state index in [0.717, 1.165) is 31.6 Å². The summed E-state index contributed by atoms with van der Waals surface area (Å²) in [6.45, 7) is 5.65. The van der Waals surface area contributed by atoms with Gasteiger partial charge < -0.3 is 10.2 Å². The van der Waals surface area contributed by atoms with E-state index in [1.54, 1.807) is 30.5 Å². The molecule has 0 aliphatic rings. The van der Waals surface area contributed by atoms with E-state index >= 15 is 0 Å². The highest BCUT2D eigenvalue weighted by molar-refractivity contribution is 5.94. The first kappa shape index (κ1) is 17.5. The Morgan fingerprint density at radius 1 is 1.21 bits per heavy atom. The van der Waals surface area contributed by atoms with Crippen LogP contribution in [0.2, 0.25) is 0 Å². The number of amides is 1. The molecular weight excluding hydrogens is 300 g/mol. The highest BCUT2D eigenvalue weighted by atomic mass is 16.2. The maximum Gasteiger partial charge on any atom is 0.255 e. The van der Waals surface area contributed by atoms with Crippen LogP contribution in [-0.2, 0) is 0 Å². The van der Waals surface area contributed by atoms with Crippen LogP contribution < -0.4 is 5.32 Å². The molecule has 1 heterocycles. The molecule has 124 valence electrons. The minimum absolute atomic E-state index is 0.0178. The molecule has 0 spiro atoms. The maximum atomic E-state index is 12.5. The second-order valence-electron chi connectivity index (χ2n) is 5.54. The van der Waals surface area contributed by atoms with E-state index in [-0.39, 0.29) is 5.91 Å². The van der Waals surface area contributed by atoms with Gasteiger partial charge in [-0.2, -0.15) is 5.26 Å². The molecule has 1 aromatic carbocycles. The molecule has 1 aromatic heterocycles. The fourth-order valence-electron chi connectivity index (χ4n) is 2.45. The minimum Gasteiger partial charge on any atom is -0.340 e. The summed E-state index contributed by atoms with van der Waals surface area (Å²) in [5, 5.41) is 12.1. The summed E-state index contributed by atoms with van der Waals surface area (Å²) in [5.74, 6) is 0.656. The van der Waals surface area contributed by atoms with Crippen molar-refractivity contribution in [3.05, 3.63) is 53.7 Å². The number of pyridine rings is 1. The number of nitrogens with one attached hydrogen (secondary N) is 1. The number of hydrogen-bond acceptors (Lipinski definition) is 4. The van der Waals surface area contributed by atoms with Crippen LogP contribution in [0.15, 0.2) is 42.6 Å². The van der Waals surface area contributed by atoms with Crippen molar-refractivity contribution < 1.29 is 4.79 Å². The van der Waals surface area contributed by atoms with Gasteiger partial charge in [-0.05, 0) is 43.2 Å². The molecule has 24 heavy (non-hydrogen) atoms. The highest BCUT2D eigenvalue weighted by Gasteiger charge is 2.14. The highest BCUT2D eigenvalue weighted by Crippen LogP contribution is 2.16. The van der Waals surface area contributed by atoms with E-state index in [9.17, 15) is 4.79 Å². The lowest BCUT2D eigenvalue weighted by Crippen LogP contribution is -2.32. The van der Waals surface area contributed by atoms with Crippen molar-refractivity contribution in [2.45, 2.75) is 26.7 Å². The average molecular weight is 322 g/mol. The van der Waals surface area contributed by atoms with Gasteiger partial charge in [0.2, 0.25) is 0 Å². The molecule has 0 radical (unpaired) electrons. The van der Waals surface area contributed by atoms with Crippen molar-refractivity contribution in [3.8, 4) is 6.07 Å². The Kier molecular flexibility index (Phi) is 6.32. The second kappa shape index (κ2) is 8.68. The summed E-state index contributed by atoms with van der Waals surface area (Å²) in [6, 6.07) is 12.8. The van der Waals surface area contributed by atoms with E-state index in [0.29, 0.717) is 16.9 Å². The predicted molar refractivity (Wildman–Crippen MR) is 95.2 cm³/mol. The van der Waals surface area contributed by atoms with Crippen molar-refractivity contribution in [2.75, 3.05) is 18.4 Å². The van der Waals surface area contributed by atoms with Crippen LogP contribution in [0.1, 0.15) is 42.6 Å². The zero-order valence-electron chi connectivity index (χ0n) is 14.1. The first-order chi connectivity index (χ1) is 11.7. The Hall–Kier alpha value is -2.87. The summed E-state index contributed by atoms with van der Waals surface area (Å²) < 4.78 is 0. The number of aromatic nitrogens is 1. The Bertz CT molecular complexity index is 713. The van der Waals surface area contributed by atoms with E-state index < -0.39 is 0 Å². The predicted octanol–water partition coefficient (Wildman–Crippen LogP) is 3.96. The Labute approximate surface area is 142 Å². The number of hydrogen-bond donors (Lipinski definition) is 1. The Morgan fingerprint density at radius 2 is 1.96 bits per heavy atom. The van der Waals surface area contributed by atoms with Crippen LogP contribution in [0.4, 0.5) is 11.5 Å². The molecule has 0 fully saturated rings. The van der Waals surface area contributed by atoms with Gasteiger partial charge >= 0.3 is 0 Å². The molecule has 0 saturated carbocycles. The zero-order valence-corrected chi connectivity index (χ0v) is 14.1. The van der Waals surface area contributed by atoms with Crippen molar-refractivity contribution in [1.29, 1.82) is 5.26 Å². The number of nitriles is 1. The van der Waals surface area contributed by atoms with Crippen LogP contribution >= 0.6 is 0 Å². The standard InChI is InChI=1S/C19H22N4O/c1-3-10-23(11-4-2)19(24)16-8-9-18(21-14-16)22-17-7-5-6-15(12-17)13-20/h5-9,12,14H,3-4,10-11H2,1-2H3,(H,21,22). The molecule has 1 amide bonds. The second-order valence-corrected chi connectivity index (χ2v) is 5.54. The molecule has 1 N–H and O–H groups in total. The number of benzene rings is 1. The van der Waals surface area contributed by atoms with Gasteiger partial charge in [-0.3, -0.25) is 4.79 Å². The van der Waals surface area contributed by atoms with E-state index in [2.05, 4.69) is 30.2 Å². The lowest BCUT2D eigenvalue weighted by molar-refractivity contribution is 0.0755. The van der Waals surface area contributed by atoms with Gasteiger partial charge in [-0.15, -0.1) is 0 Å². The van der Waals surface area contributed by atoms with Gasteiger partial charge in [0.05, 0.1) is 17.2 Å². The van der Waals surface area contributed by atoms with Crippen LogP contribution in [0.5, 0.6) is 0 Å². The summed E-state index contributed by atoms with van der Waals surface area (Å²) in [4.78, 5) is 18.7. The van der Waals surface area contributed by atoms with Gasteiger partial charge in [-0.1, -0.05) is 19.9 Å². The van der Waals surface area contributed by atoms with Gasteiger partial charge in [0.25, 0.3) is 5.91 Å². The van der Waals surface area contributed by atoms with E-state index in [4.69, 9.17) is 5.26 Å². The SMILES string of the molecule is CCCN(CCC)C(=O)c1ccc(Nc2cccc(C#N)c2)nc1. The summed E-state index contributed by atoms with van der Waals surface area (Å²) in [6.07, 6.45) is 3.47. The van der Waals surface area contributed by atoms with Gasteiger partial charge in [0.1, 0.15) is 5.82 Å². The molecule has 0 aliphatic carbocycles. The summed E-state index contributed by atoms with van der Waals surface area (Å²) in [5.41, 5.74) is 1.97. The third-order valence-corrected chi connectivity index (χ3v) is 3.55. The molecule has 0 atom stereocenters. The van der Waals surface area contributed by atoms with Crippen LogP contribution in [0.25, 0.3) is 0 Å². The average Bonchev–Trinajstić information content (AvgIpc) is 2.62. The largest absolute Gasteiger partial charge is 0.340 e. The van der Waals surface area contributed by atoms with Crippen molar-refractivity contribution >= 4 is 17.4 Å². The zero-order chi connectivity index (χ0) is 17.4. The smallest absolute Gasteiger partial charge is 0.255 e. The van der Waals surface area contributed by atoms with Gasteiger partial charge in [-0.25, -0.2) is 4.98 Å². The quantitative estimate of drug-likeness (QED) is 0.837. The fourth-order valence-corrected chi connectivity index (χ4v) is 2.45. The number of carbonyl (C=O) groups is 1. The van der Waals surface area contributed by atoms with Crippen molar-refractivity contribution in [1.82, 2.24) is 9.88 Å². The summed E-state index contributed by atoms with van der Waals surface area (Å²) in [7, 11) is 0. The third kappa shape index (κ3) is 4.56. The van der Waals surface area contributed by atoms with Crippen molar-refractivity contribution in [2.24, 2.45) is 0 Å². The molecule has 0 bridgehead atoms. The molecule has 2 rings (SSSR count). The van der Waals surface area contributed by atoms with Gasteiger partial charge in [0, 0.05) is 25.0 Å². The minimum atomic E-state index is 0.0178. The molecule has 0 aliphatic heterocycles. The number of rotatable bonds is 7. The molecule has 5 heteroatoms. The number of anilines is 2. The monoisotopic (exact) mass is 322 g/mol. The maximum absolute atomic E-state index is 12.5. The third-order valence-electron chi connectivity index (χ3n) is 3.55. The Balaban J connectivity index is 2.09. The first-order valence-corrected chi connectivity index (χ1v) is 8.20. The first-order valence-electron chi connectivity index (χ1n) is 8.20. The van der Waals surface area contributed by atoms with E-state index in [1.807, 2.05) is 17.0 Å². The Morgan fingerprint density at radius 3 is 2.54 bits per heavy atom. The van der Waals surface area contributed by atoms with Crippen LogP contribution in [-0.4, -0.2) is 28.9 Å². The molecule has 0 saturated heterocycles. The lowest BCUT2D eigenvalue weighted by Gasteiger charge is -2.21. The van der Waals surface area contributed by atoms with E-state index in [1.165, 1.54) is 0 Å². The molecule has 5 nitrogen and oxygen atoms in total. The molecule has 2 aromatic rings. The summed E-state index contributed by atoms with van der Waals surface area (Å²) >= 11 is 0. The lowest BCUT2D eigenvalue weighted by atomic mass is 10.2. The normalized spacial score (nSPS) is 10.0. The van der Waals surface area contributed by atoms with Gasteiger partial charge in [0.15, 0.2) is 0 Å². The fraction of sp³-hybridized carbons (Fsp3) is 0.316. The number of nitrogens with zero attached hydrogens (tertiary/aromatic N) is 3. The van der Waals surface area contributed by atoms with Crippen LogP contribution in [0.3, 0.4) is 0 Å². The van der Waals surface area contributed by atoms with Crippen LogP contribution in [0, 0.1) is 11.3 Å².